The van der Waals surface area contributed by atoms with E-state index in [1.54, 1.807) is 0 Å². The molecule has 0 saturated heterocycles. The molecule has 0 saturated carbocycles. The maximum atomic E-state index is 12.4. The molecule has 5 heteroatoms. The van der Waals surface area contributed by atoms with E-state index in [1.807, 2.05) is 55.1 Å². The minimum Gasteiger partial charge on any atom is -0.381 e. The van der Waals surface area contributed by atoms with Crippen molar-refractivity contribution in [1.29, 1.82) is 0 Å². The minimum atomic E-state index is 0.0921. The monoisotopic (exact) mass is 348 g/mol. The number of amides is 1. The number of hydrogen-bond acceptors (Lipinski definition) is 2. The van der Waals surface area contributed by atoms with Crippen LogP contribution in [0.4, 0.5) is 5.69 Å². The predicted octanol–water partition coefficient (Wildman–Crippen LogP) is 4.97. The van der Waals surface area contributed by atoms with Crippen LogP contribution in [0.3, 0.4) is 0 Å². The van der Waals surface area contributed by atoms with Gasteiger partial charge in [0.1, 0.15) is 0 Å². The molecule has 3 nitrogen and oxygen atoms in total. The van der Waals surface area contributed by atoms with Crippen LogP contribution in [0.25, 0.3) is 0 Å². The van der Waals surface area contributed by atoms with Crippen molar-refractivity contribution < 1.29 is 4.79 Å². The van der Waals surface area contributed by atoms with Gasteiger partial charge in [-0.25, -0.2) is 0 Å². The molecule has 2 aromatic rings. The van der Waals surface area contributed by atoms with E-state index in [-0.39, 0.29) is 11.9 Å². The molecule has 0 radical (unpaired) electrons. The zero-order chi connectivity index (χ0) is 16.6. The molecule has 1 heterocycles. The summed E-state index contributed by atoms with van der Waals surface area (Å²) in [4.78, 5) is 14.3. The van der Waals surface area contributed by atoms with Gasteiger partial charge in [0.15, 0.2) is 0 Å². The highest BCUT2D eigenvalue weighted by Crippen LogP contribution is 2.29. The van der Waals surface area contributed by atoms with Crippen molar-refractivity contribution in [1.82, 2.24) is 4.90 Å². The number of halogens is 2. The van der Waals surface area contributed by atoms with E-state index >= 15 is 0 Å². The Morgan fingerprint density at radius 3 is 2.52 bits per heavy atom. The molecule has 3 rings (SSSR count). The van der Waals surface area contributed by atoms with Gasteiger partial charge < -0.3 is 10.2 Å². The quantitative estimate of drug-likeness (QED) is 0.845. The maximum absolute atomic E-state index is 12.4. The third-order valence-electron chi connectivity index (χ3n) is 4.10. The molecule has 0 fully saturated rings. The largest absolute Gasteiger partial charge is 0.381 e. The van der Waals surface area contributed by atoms with Gasteiger partial charge >= 0.3 is 0 Å². The summed E-state index contributed by atoms with van der Waals surface area (Å²) in [6.45, 7) is 5.26. The van der Waals surface area contributed by atoms with E-state index < -0.39 is 0 Å². The molecular formula is C18H18Cl2N2O. The van der Waals surface area contributed by atoms with Crippen LogP contribution in [0.2, 0.25) is 10.0 Å². The molecule has 1 N–H and O–H groups in total. The molecule has 0 aromatic heterocycles. The summed E-state index contributed by atoms with van der Waals surface area (Å²) in [6, 6.07) is 11.6. The van der Waals surface area contributed by atoms with Gasteiger partial charge in [-0.05, 0) is 43.7 Å². The number of nitrogens with zero attached hydrogens (tertiary/aromatic N) is 1. The van der Waals surface area contributed by atoms with Crippen molar-refractivity contribution in [3.05, 3.63) is 63.1 Å². The summed E-state index contributed by atoms with van der Waals surface area (Å²) >= 11 is 12.4. The Morgan fingerprint density at radius 1 is 1.17 bits per heavy atom. The first-order valence-corrected chi connectivity index (χ1v) is 8.33. The maximum Gasteiger partial charge on any atom is 0.254 e. The van der Waals surface area contributed by atoms with E-state index in [0.29, 0.717) is 23.1 Å². The van der Waals surface area contributed by atoms with E-state index in [4.69, 9.17) is 23.2 Å². The fraction of sp³-hybridized carbons (Fsp3) is 0.278. The number of hydrogen-bond donors (Lipinski definition) is 1. The van der Waals surface area contributed by atoms with Crippen molar-refractivity contribution in [2.45, 2.75) is 33.0 Å². The first-order valence-electron chi connectivity index (χ1n) is 7.58. The van der Waals surface area contributed by atoms with Gasteiger partial charge in [0, 0.05) is 46.0 Å². The summed E-state index contributed by atoms with van der Waals surface area (Å²) in [6.07, 6.45) is 0. The Hall–Kier alpha value is -1.71. The Kier molecular flexibility index (Phi) is 4.51. The smallest absolute Gasteiger partial charge is 0.254 e. The molecule has 2 aromatic carbocycles. The molecule has 0 spiro atoms. The second kappa shape index (κ2) is 6.42. The second-order valence-electron chi connectivity index (χ2n) is 5.95. The molecule has 0 atom stereocenters. The fourth-order valence-corrected chi connectivity index (χ4v) is 3.27. The van der Waals surface area contributed by atoms with Crippen LogP contribution in [0, 0.1) is 0 Å². The van der Waals surface area contributed by atoms with E-state index in [0.717, 1.165) is 22.4 Å². The lowest BCUT2D eigenvalue weighted by atomic mass is 10.1. The molecule has 0 aliphatic carbocycles. The van der Waals surface area contributed by atoms with Crippen molar-refractivity contribution >= 4 is 34.8 Å². The molecule has 23 heavy (non-hydrogen) atoms. The molecule has 1 aliphatic heterocycles. The van der Waals surface area contributed by atoms with Crippen LogP contribution in [-0.2, 0) is 13.1 Å². The van der Waals surface area contributed by atoms with Crippen LogP contribution >= 0.6 is 23.2 Å². The summed E-state index contributed by atoms with van der Waals surface area (Å²) < 4.78 is 0. The fourth-order valence-electron chi connectivity index (χ4n) is 2.74. The zero-order valence-electron chi connectivity index (χ0n) is 13.1. The summed E-state index contributed by atoms with van der Waals surface area (Å²) in [5.41, 5.74) is 3.59. The topological polar surface area (TPSA) is 32.3 Å². The van der Waals surface area contributed by atoms with Gasteiger partial charge in [-0.2, -0.15) is 0 Å². The number of fused-ring (bicyclic) bond motifs is 1. The summed E-state index contributed by atoms with van der Waals surface area (Å²) in [7, 11) is 0. The van der Waals surface area contributed by atoms with Gasteiger partial charge in [-0.3, -0.25) is 4.79 Å². The Labute approximate surface area is 146 Å². The lowest BCUT2D eigenvalue weighted by Crippen LogP contribution is -2.30. The average Bonchev–Trinajstić information content (AvgIpc) is 2.84. The van der Waals surface area contributed by atoms with Crippen LogP contribution in [0.15, 0.2) is 36.4 Å². The third kappa shape index (κ3) is 3.17. The van der Waals surface area contributed by atoms with Gasteiger partial charge in [-0.15, -0.1) is 0 Å². The number of nitrogens with one attached hydrogen (secondary N) is 1. The SMILES string of the molecule is CC(C)N1Cc2ccc(NCc3c(Cl)cccc3Cl)cc2C1=O. The highest BCUT2D eigenvalue weighted by atomic mass is 35.5. The lowest BCUT2D eigenvalue weighted by Gasteiger charge is -2.19. The number of carbonyl (C=O) groups is 1. The summed E-state index contributed by atoms with van der Waals surface area (Å²) in [5.74, 6) is 0.0921. The molecular weight excluding hydrogens is 331 g/mol. The highest BCUT2D eigenvalue weighted by Gasteiger charge is 2.29. The van der Waals surface area contributed by atoms with Crippen molar-refractivity contribution in [2.24, 2.45) is 0 Å². The number of carbonyl (C=O) groups excluding carboxylic acids is 1. The number of rotatable bonds is 4. The minimum absolute atomic E-state index is 0.0921. The first kappa shape index (κ1) is 16.2. The highest BCUT2D eigenvalue weighted by molar-refractivity contribution is 6.36. The van der Waals surface area contributed by atoms with Crippen LogP contribution in [0.1, 0.15) is 35.3 Å². The number of benzene rings is 2. The molecule has 120 valence electrons. The van der Waals surface area contributed by atoms with Gasteiger partial charge in [-0.1, -0.05) is 35.3 Å². The van der Waals surface area contributed by atoms with E-state index in [9.17, 15) is 4.79 Å². The van der Waals surface area contributed by atoms with Crippen molar-refractivity contribution in [2.75, 3.05) is 5.32 Å². The van der Waals surface area contributed by atoms with Crippen LogP contribution < -0.4 is 5.32 Å². The Bertz CT molecular complexity index is 738. The van der Waals surface area contributed by atoms with Gasteiger partial charge in [0.2, 0.25) is 0 Å². The number of anilines is 1. The van der Waals surface area contributed by atoms with Crippen molar-refractivity contribution in [3.8, 4) is 0 Å². The van der Waals surface area contributed by atoms with E-state index in [2.05, 4.69) is 5.32 Å². The first-order chi connectivity index (χ1) is 11.0. The molecule has 0 bridgehead atoms. The zero-order valence-corrected chi connectivity index (χ0v) is 14.6. The van der Waals surface area contributed by atoms with Crippen LogP contribution in [0.5, 0.6) is 0 Å². The van der Waals surface area contributed by atoms with Gasteiger partial charge in [0.05, 0.1) is 0 Å². The van der Waals surface area contributed by atoms with Crippen molar-refractivity contribution in [3.63, 3.8) is 0 Å². The Balaban J connectivity index is 1.78. The standard InChI is InChI=1S/C18H18Cl2N2O/c1-11(2)22-10-12-6-7-13(8-14(12)18(22)23)21-9-15-16(19)4-3-5-17(15)20/h3-8,11,21H,9-10H2,1-2H3. The molecule has 0 unspecified atom stereocenters. The van der Waals surface area contributed by atoms with E-state index in [1.165, 1.54) is 0 Å². The van der Waals surface area contributed by atoms with Gasteiger partial charge in [0.25, 0.3) is 5.91 Å². The second-order valence-corrected chi connectivity index (χ2v) is 6.77. The molecule has 1 aliphatic rings. The Morgan fingerprint density at radius 2 is 1.87 bits per heavy atom. The third-order valence-corrected chi connectivity index (χ3v) is 4.80. The summed E-state index contributed by atoms with van der Waals surface area (Å²) in [5, 5.41) is 4.56. The van der Waals surface area contributed by atoms with Crippen LogP contribution in [-0.4, -0.2) is 16.8 Å². The predicted molar refractivity (Wildman–Crippen MR) is 95.2 cm³/mol. The average molecular weight is 349 g/mol. The lowest BCUT2D eigenvalue weighted by molar-refractivity contribution is 0.0730. The molecule has 1 amide bonds. The normalized spacial score (nSPS) is 13.6.